The third-order valence-electron chi connectivity index (χ3n) is 2.91. The number of imidazole rings is 1. The van der Waals surface area contributed by atoms with Gasteiger partial charge in [0, 0.05) is 0 Å². The summed E-state index contributed by atoms with van der Waals surface area (Å²) in [6.45, 7) is -0.469. The van der Waals surface area contributed by atoms with Gasteiger partial charge in [-0.05, 0) is 15.9 Å². The van der Waals surface area contributed by atoms with E-state index in [1.165, 1.54) is 4.57 Å². The maximum Gasteiger partial charge on any atom is 0.271 e. The number of primary amides is 1. The number of hydrogen-bond donors (Lipinski definition) is 5. The molecular formula is C9H13BrN4O5. The Morgan fingerprint density at radius 2 is 2.11 bits per heavy atom. The predicted molar refractivity (Wildman–Crippen MR) is 65.9 cm³/mol. The first-order valence-electron chi connectivity index (χ1n) is 5.34. The van der Waals surface area contributed by atoms with Crippen LogP contribution in [0.4, 0.5) is 5.82 Å². The number of anilines is 1. The van der Waals surface area contributed by atoms with Gasteiger partial charge >= 0.3 is 0 Å². The molecule has 0 saturated carbocycles. The molecule has 0 bridgehead atoms. The quantitative estimate of drug-likeness (QED) is 0.424. The summed E-state index contributed by atoms with van der Waals surface area (Å²) in [5.74, 6) is -0.932. The second-order valence-corrected chi connectivity index (χ2v) is 4.79. The van der Waals surface area contributed by atoms with E-state index in [2.05, 4.69) is 20.9 Å². The minimum absolute atomic E-state index is 0.103. The average Bonchev–Trinajstić information content (AvgIpc) is 2.79. The third kappa shape index (κ3) is 2.21. The third-order valence-corrected chi connectivity index (χ3v) is 3.47. The van der Waals surface area contributed by atoms with Crippen molar-refractivity contribution in [1.82, 2.24) is 9.55 Å². The minimum Gasteiger partial charge on any atom is -0.394 e. The van der Waals surface area contributed by atoms with Crippen molar-refractivity contribution in [1.29, 1.82) is 0 Å². The summed E-state index contributed by atoms with van der Waals surface area (Å²) < 4.78 is 6.59. The molecule has 19 heavy (non-hydrogen) atoms. The zero-order valence-electron chi connectivity index (χ0n) is 9.60. The molecule has 106 valence electrons. The van der Waals surface area contributed by atoms with Crippen LogP contribution in [0, 0.1) is 0 Å². The van der Waals surface area contributed by atoms with Crippen molar-refractivity contribution >= 4 is 27.7 Å². The molecule has 1 fully saturated rings. The predicted octanol–water partition coefficient (Wildman–Crippen LogP) is -2.06. The lowest BCUT2D eigenvalue weighted by Gasteiger charge is -2.18. The van der Waals surface area contributed by atoms with Crippen LogP contribution in [0.15, 0.2) is 4.73 Å². The van der Waals surface area contributed by atoms with Crippen molar-refractivity contribution in [2.75, 3.05) is 12.3 Å². The molecule has 0 spiro atoms. The van der Waals surface area contributed by atoms with Gasteiger partial charge in [0.05, 0.1) is 6.61 Å². The Morgan fingerprint density at radius 1 is 1.47 bits per heavy atom. The van der Waals surface area contributed by atoms with Crippen molar-refractivity contribution in [2.45, 2.75) is 24.5 Å². The molecule has 1 amide bonds. The summed E-state index contributed by atoms with van der Waals surface area (Å²) in [5, 5.41) is 28.6. The fraction of sp³-hybridized carbons (Fsp3) is 0.556. The van der Waals surface area contributed by atoms with Crippen molar-refractivity contribution in [2.24, 2.45) is 5.73 Å². The fourth-order valence-electron chi connectivity index (χ4n) is 1.93. The molecule has 1 aromatic rings. The number of hydrogen-bond acceptors (Lipinski definition) is 7. The van der Waals surface area contributed by atoms with Crippen LogP contribution in [0.2, 0.25) is 0 Å². The van der Waals surface area contributed by atoms with E-state index in [9.17, 15) is 15.0 Å². The van der Waals surface area contributed by atoms with Gasteiger partial charge in [0.1, 0.15) is 24.1 Å². The van der Waals surface area contributed by atoms with E-state index in [-0.39, 0.29) is 16.2 Å². The zero-order valence-corrected chi connectivity index (χ0v) is 11.2. The highest BCUT2D eigenvalue weighted by molar-refractivity contribution is 9.10. The zero-order chi connectivity index (χ0) is 14.3. The van der Waals surface area contributed by atoms with Crippen LogP contribution >= 0.6 is 15.9 Å². The molecule has 4 atom stereocenters. The van der Waals surface area contributed by atoms with Gasteiger partial charge in [-0.3, -0.25) is 9.36 Å². The lowest BCUT2D eigenvalue weighted by Crippen LogP contribution is -2.33. The minimum atomic E-state index is -1.33. The van der Waals surface area contributed by atoms with Gasteiger partial charge in [-0.2, -0.15) is 0 Å². The van der Waals surface area contributed by atoms with Gasteiger partial charge in [0.15, 0.2) is 16.7 Å². The second-order valence-electron chi connectivity index (χ2n) is 4.08. The largest absolute Gasteiger partial charge is 0.394 e. The molecule has 7 N–H and O–H groups in total. The lowest BCUT2D eigenvalue weighted by molar-refractivity contribution is -0.0528. The number of nitrogen functional groups attached to an aromatic ring is 1. The summed E-state index contributed by atoms with van der Waals surface area (Å²) >= 11 is 3.06. The fourth-order valence-corrected chi connectivity index (χ4v) is 2.50. The first kappa shape index (κ1) is 14.2. The highest BCUT2D eigenvalue weighted by atomic mass is 79.9. The van der Waals surface area contributed by atoms with Crippen LogP contribution in [-0.2, 0) is 4.74 Å². The standard InChI is InChI=1S/C9H13BrN4O5/c10-9-13-3(7(12)18)6(11)14(9)8-5(17)4(16)2(1-15)19-8/h2,4-5,8,15-17H,1,11H2,(H2,12,18)/t2-,4-,5-,8-/m1/s1. The van der Waals surface area contributed by atoms with Gasteiger partial charge in [0.2, 0.25) is 0 Å². The molecule has 1 aliphatic rings. The Labute approximate surface area is 115 Å². The highest BCUT2D eigenvalue weighted by Crippen LogP contribution is 2.34. The number of rotatable bonds is 3. The molecule has 1 aromatic heterocycles. The number of aromatic nitrogens is 2. The van der Waals surface area contributed by atoms with Crippen molar-refractivity contribution in [3.63, 3.8) is 0 Å². The van der Waals surface area contributed by atoms with Crippen LogP contribution in [0.5, 0.6) is 0 Å². The number of aliphatic hydroxyl groups is 3. The maximum absolute atomic E-state index is 11.1. The molecule has 9 nitrogen and oxygen atoms in total. The Kier molecular flexibility index (Phi) is 3.78. The van der Waals surface area contributed by atoms with Crippen LogP contribution < -0.4 is 11.5 Å². The molecule has 0 radical (unpaired) electrons. The number of amides is 1. The number of carbonyl (C=O) groups is 1. The number of aliphatic hydroxyl groups excluding tert-OH is 3. The van der Waals surface area contributed by atoms with Crippen LogP contribution in [0.3, 0.4) is 0 Å². The van der Waals surface area contributed by atoms with E-state index in [0.717, 1.165) is 0 Å². The van der Waals surface area contributed by atoms with E-state index < -0.39 is 37.1 Å². The normalized spacial score (nSPS) is 30.7. The van der Waals surface area contributed by atoms with E-state index in [0.29, 0.717) is 0 Å². The number of carbonyl (C=O) groups excluding carboxylic acids is 1. The summed E-state index contributed by atoms with van der Waals surface area (Å²) in [5.41, 5.74) is 10.6. The Morgan fingerprint density at radius 3 is 2.53 bits per heavy atom. The molecule has 2 heterocycles. The number of halogens is 1. The molecule has 1 saturated heterocycles. The van der Waals surface area contributed by atoms with E-state index >= 15 is 0 Å². The molecule has 1 aliphatic heterocycles. The van der Waals surface area contributed by atoms with E-state index in [1.807, 2.05) is 0 Å². The topological polar surface area (TPSA) is 157 Å². The monoisotopic (exact) mass is 336 g/mol. The smallest absolute Gasteiger partial charge is 0.271 e. The molecule has 0 aliphatic carbocycles. The van der Waals surface area contributed by atoms with Crippen LogP contribution in [0.25, 0.3) is 0 Å². The van der Waals surface area contributed by atoms with Gasteiger partial charge in [-0.25, -0.2) is 4.98 Å². The number of nitrogens with two attached hydrogens (primary N) is 2. The average molecular weight is 337 g/mol. The number of ether oxygens (including phenoxy) is 1. The van der Waals surface area contributed by atoms with Gasteiger partial charge in [-0.15, -0.1) is 0 Å². The summed E-state index contributed by atoms with van der Waals surface area (Å²) in [6, 6.07) is 0. The number of nitrogens with zero attached hydrogens (tertiary/aromatic N) is 2. The molecule has 0 aromatic carbocycles. The first-order chi connectivity index (χ1) is 8.88. The Balaban J connectivity index is 2.40. The summed E-state index contributed by atoms with van der Waals surface area (Å²) in [7, 11) is 0. The van der Waals surface area contributed by atoms with Crippen molar-refractivity contribution in [3.05, 3.63) is 10.4 Å². The Bertz CT molecular complexity index is 507. The van der Waals surface area contributed by atoms with Crippen LogP contribution in [-0.4, -0.2) is 55.7 Å². The molecule has 10 heteroatoms. The SMILES string of the molecule is NC(=O)c1nc(Br)n([C@@H]2O[C@H](CO)[C@@H](O)[C@H]2O)c1N. The first-order valence-corrected chi connectivity index (χ1v) is 6.13. The van der Waals surface area contributed by atoms with Crippen molar-refractivity contribution in [3.8, 4) is 0 Å². The maximum atomic E-state index is 11.1. The van der Waals surface area contributed by atoms with Gasteiger partial charge < -0.3 is 31.5 Å². The summed E-state index contributed by atoms with van der Waals surface area (Å²) in [6.07, 6.45) is -4.64. The molecule has 0 unspecified atom stereocenters. The Hall–Kier alpha value is -1.20. The second kappa shape index (κ2) is 5.06. The lowest BCUT2D eigenvalue weighted by atomic mass is 10.1. The highest BCUT2D eigenvalue weighted by Gasteiger charge is 2.45. The molecular weight excluding hydrogens is 324 g/mol. The summed E-state index contributed by atoms with van der Waals surface area (Å²) in [4.78, 5) is 14.9. The van der Waals surface area contributed by atoms with Crippen LogP contribution in [0.1, 0.15) is 16.7 Å². The van der Waals surface area contributed by atoms with E-state index in [1.54, 1.807) is 0 Å². The van der Waals surface area contributed by atoms with E-state index in [4.69, 9.17) is 21.3 Å². The van der Waals surface area contributed by atoms with Gasteiger partial charge in [-0.1, -0.05) is 0 Å². The van der Waals surface area contributed by atoms with Gasteiger partial charge in [0.25, 0.3) is 5.91 Å². The van der Waals surface area contributed by atoms with Crippen molar-refractivity contribution < 1.29 is 24.9 Å². The molecule has 2 rings (SSSR count).